The minimum atomic E-state index is -0.799. The van der Waals surface area contributed by atoms with Crippen LogP contribution in [0.5, 0.6) is 11.5 Å². The molecule has 1 fully saturated rings. The number of methoxy groups -OCH3 is 1. The highest BCUT2D eigenvalue weighted by molar-refractivity contribution is 5.69. The summed E-state index contributed by atoms with van der Waals surface area (Å²) in [6.07, 6.45) is 3.00. The topological polar surface area (TPSA) is 55.8 Å². The van der Waals surface area contributed by atoms with Gasteiger partial charge in [-0.25, -0.2) is 8.78 Å². The van der Waals surface area contributed by atoms with E-state index in [4.69, 9.17) is 9.47 Å². The summed E-state index contributed by atoms with van der Waals surface area (Å²) in [6, 6.07) is 15.3. The van der Waals surface area contributed by atoms with Gasteiger partial charge in [0.25, 0.3) is 0 Å². The van der Waals surface area contributed by atoms with Crippen LogP contribution < -0.4 is 9.47 Å². The van der Waals surface area contributed by atoms with Crippen molar-refractivity contribution in [3.63, 3.8) is 0 Å². The predicted molar refractivity (Wildman–Crippen MR) is 124 cm³/mol. The summed E-state index contributed by atoms with van der Waals surface area (Å²) in [5.74, 6) is -0.238. The third-order valence-electron chi connectivity index (χ3n) is 6.90. The Morgan fingerprint density at radius 3 is 2.59 bits per heavy atom. The molecule has 176 valence electrons. The quantitative estimate of drug-likeness (QED) is 0.404. The number of hydrogen-bond donors (Lipinski definition) is 1. The van der Waals surface area contributed by atoms with Crippen LogP contribution in [0.1, 0.15) is 54.4 Å². The zero-order valence-electron chi connectivity index (χ0n) is 18.9. The number of aliphatic carboxylic acids is 1. The zero-order chi connectivity index (χ0) is 23.8. The van der Waals surface area contributed by atoms with Gasteiger partial charge in [-0.1, -0.05) is 24.3 Å². The molecular formula is C28H26F2O4. The van der Waals surface area contributed by atoms with E-state index in [0.717, 1.165) is 24.0 Å². The summed E-state index contributed by atoms with van der Waals surface area (Å²) >= 11 is 0. The summed E-state index contributed by atoms with van der Waals surface area (Å²) in [7, 11) is 1.49. The molecule has 34 heavy (non-hydrogen) atoms. The van der Waals surface area contributed by atoms with Crippen LogP contribution in [0.3, 0.4) is 0 Å². The molecule has 1 saturated carbocycles. The van der Waals surface area contributed by atoms with E-state index in [1.54, 1.807) is 6.07 Å². The fourth-order valence-electron chi connectivity index (χ4n) is 5.02. The molecule has 2 unspecified atom stereocenters. The van der Waals surface area contributed by atoms with E-state index in [9.17, 15) is 14.3 Å². The molecule has 0 heterocycles. The molecule has 5 rings (SSSR count). The van der Waals surface area contributed by atoms with Crippen LogP contribution in [0.2, 0.25) is 0 Å². The van der Waals surface area contributed by atoms with Gasteiger partial charge in [-0.05, 0) is 84.5 Å². The first-order chi connectivity index (χ1) is 16.4. The number of carbonyl (C=O) groups is 1. The highest BCUT2D eigenvalue weighted by Crippen LogP contribution is 2.46. The van der Waals surface area contributed by atoms with Gasteiger partial charge in [0.05, 0.1) is 13.5 Å². The maximum absolute atomic E-state index is 15.5. The largest absolute Gasteiger partial charge is 0.497 e. The van der Waals surface area contributed by atoms with Gasteiger partial charge in [-0.3, -0.25) is 4.79 Å². The number of halogens is 2. The van der Waals surface area contributed by atoms with Crippen molar-refractivity contribution in [1.82, 2.24) is 0 Å². The molecule has 2 aliphatic rings. The van der Waals surface area contributed by atoms with E-state index in [1.165, 1.54) is 25.3 Å². The van der Waals surface area contributed by atoms with Gasteiger partial charge in [-0.2, -0.15) is 0 Å². The van der Waals surface area contributed by atoms with Crippen molar-refractivity contribution in [2.45, 2.75) is 44.1 Å². The van der Waals surface area contributed by atoms with Crippen molar-refractivity contribution < 1.29 is 28.2 Å². The Hall–Kier alpha value is -3.41. The molecule has 0 aromatic heterocycles. The monoisotopic (exact) mass is 464 g/mol. The van der Waals surface area contributed by atoms with E-state index in [-0.39, 0.29) is 29.6 Å². The maximum Gasteiger partial charge on any atom is 0.303 e. The molecule has 6 heteroatoms. The number of carboxylic acid groups (broad SMARTS) is 1. The molecule has 0 radical (unpaired) electrons. The van der Waals surface area contributed by atoms with E-state index in [1.807, 2.05) is 30.3 Å². The molecule has 3 aromatic carbocycles. The van der Waals surface area contributed by atoms with Crippen molar-refractivity contribution in [2.24, 2.45) is 5.92 Å². The SMILES string of the molecule is COc1ccc(F)c(-c2ccc3c(c2F)CCC3Oc2cccc(C(CC(=O)O)C3CC3)c2)c1. The lowest BCUT2D eigenvalue weighted by Gasteiger charge is -2.19. The van der Waals surface area contributed by atoms with Gasteiger partial charge < -0.3 is 14.6 Å². The molecule has 4 nitrogen and oxygen atoms in total. The second kappa shape index (κ2) is 9.09. The lowest BCUT2D eigenvalue weighted by molar-refractivity contribution is -0.137. The molecule has 3 aromatic rings. The van der Waals surface area contributed by atoms with Gasteiger partial charge in [0.1, 0.15) is 29.2 Å². The third-order valence-corrected chi connectivity index (χ3v) is 6.90. The zero-order valence-corrected chi connectivity index (χ0v) is 18.9. The van der Waals surface area contributed by atoms with Crippen molar-refractivity contribution in [3.05, 3.63) is 82.9 Å². The van der Waals surface area contributed by atoms with Crippen molar-refractivity contribution in [3.8, 4) is 22.6 Å². The number of hydrogen-bond acceptors (Lipinski definition) is 3. The van der Waals surface area contributed by atoms with E-state index < -0.39 is 17.6 Å². The van der Waals surface area contributed by atoms with Gasteiger partial charge in [0.15, 0.2) is 0 Å². The minimum Gasteiger partial charge on any atom is -0.497 e. The molecule has 1 N–H and O–H groups in total. The third kappa shape index (κ3) is 4.37. The summed E-state index contributed by atoms with van der Waals surface area (Å²) in [5.41, 5.74) is 2.65. The lowest BCUT2D eigenvalue weighted by atomic mass is 9.91. The van der Waals surface area contributed by atoms with Crippen molar-refractivity contribution >= 4 is 5.97 Å². The number of benzene rings is 3. The van der Waals surface area contributed by atoms with E-state index in [0.29, 0.717) is 35.8 Å². The van der Waals surface area contributed by atoms with Crippen LogP contribution in [-0.2, 0) is 11.2 Å². The fraction of sp³-hybridized carbons (Fsp3) is 0.321. The highest BCUT2D eigenvalue weighted by atomic mass is 19.1. The predicted octanol–water partition coefficient (Wildman–Crippen LogP) is 6.68. The Bertz CT molecular complexity index is 1240. The normalized spacial score (nSPS) is 17.8. The Labute approximate surface area is 197 Å². The van der Waals surface area contributed by atoms with Crippen LogP contribution in [0.15, 0.2) is 54.6 Å². The van der Waals surface area contributed by atoms with Gasteiger partial charge in [-0.15, -0.1) is 0 Å². The molecule has 0 spiro atoms. The average Bonchev–Trinajstić information content (AvgIpc) is 3.59. The van der Waals surface area contributed by atoms with Crippen molar-refractivity contribution in [1.29, 1.82) is 0 Å². The van der Waals surface area contributed by atoms with Crippen molar-refractivity contribution in [2.75, 3.05) is 7.11 Å². The number of fused-ring (bicyclic) bond motifs is 1. The fourth-order valence-corrected chi connectivity index (χ4v) is 5.02. The van der Waals surface area contributed by atoms with Crippen LogP contribution in [0.25, 0.3) is 11.1 Å². The number of carboxylic acids is 1. The van der Waals surface area contributed by atoms with Gasteiger partial charge in [0, 0.05) is 11.1 Å². The molecule has 2 aliphatic carbocycles. The van der Waals surface area contributed by atoms with Crippen LogP contribution in [0, 0.1) is 17.6 Å². The Morgan fingerprint density at radius 2 is 1.85 bits per heavy atom. The Kier molecular flexibility index (Phi) is 5.98. The lowest BCUT2D eigenvalue weighted by Crippen LogP contribution is -2.09. The van der Waals surface area contributed by atoms with Gasteiger partial charge >= 0.3 is 5.97 Å². The van der Waals surface area contributed by atoms with Crippen LogP contribution in [0.4, 0.5) is 8.78 Å². The van der Waals surface area contributed by atoms with Crippen LogP contribution in [-0.4, -0.2) is 18.2 Å². The molecule has 0 bridgehead atoms. The number of ether oxygens (including phenoxy) is 2. The highest BCUT2D eigenvalue weighted by Gasteiger charge is 2.34. The first kappa shape index (κ1) is 22.4. The Morgan fingerprint density at radius 1 is 1.03 bits per heavy atom. The van der Waals surface area contributed by atoms with Gasteiger partial charge in [0.2, 0.25) is 0 Å². The second-order valence-electron chi connectivity index (χ2n) is 9.10. The van der Waals surface area contributed by atoms with Crippen LogP contribution >= 0.6 is 0 Å². The molecule has 2 atom stereocenters. The summed E-state index contributed by atoms with van der Waals surface area (Å²) in [4.78, 5) is 11.3. The minimum absolute atomic E-state index is 0.0188. The molecular weight excluding hydrogens is 438 g/mol. The first-order valence-corrected chi connectivity index (χ1v) is 11.6. The first-order valence-electron chi connectivity index (χ1n) is 11.6. The molecule has 0 saturated heterocycles. The summed E-state index contributed by atoms with van der Waals surface area (Å²) in [5, 5.41) is 9.31. The molecule has 0 aliphatic heterocycles. The average molecular weight is 465 g/mol. The standard InChI is InChI=1S/C28H26F2O4/c1-33-18-7-11-25(29)24(14-18)22-9-8-20-21(28(22)30)10-12-26(20)34-19-4-2-3-17(13-19)23(15-27(31)32)16-5-6-16/h2-4,7-9,11,13-14,16,23,26H,5-6,10,12,15H2,1H3,(H,31,32). The smallest absolute Gasteiger partial charge is 0.303 e. The number of rotatable bonds is 8. The summed E-state index contributed by atoms with van der Waals surface area (Å²) < 4.78 is 41.3. The maximum atomic E-state index is 15.5. The van der Waals surface area contributed by atoms with E-state index in [2.05, 4.69) is 0 Å². The molecule has 0 amide bonds. The Balaban J connectivity index is 1.40. The van der Waals surface area contributed by atoms with E-state index >= 15 is 4.39 Å². The summed E-state index contributed by atoms with van der Waals surface area (Å²) in [6.45, 7) is 0. The second-order valence-corrected chi connectivity index (χ2v) is 9.10.